The minimum absolute atomic E-state index is 0.0727. The van der Waals surface area contributed by atoms with Crippen molar-refractivity contribution in [3.63, 3.8) is 0 Å². The topological polar surface area (TPSA) is 110 Å². The molecule has 1 aliphatic heterocycles. The first kappa shape index (κ1) is 22.1. The molecule has 2 amide bonds. The lowest BCUT2D eigenvalue weighted by molar-refractivity contribution is -0.131. The quantitative estimate of drug-likeness (QED) is 0.704. The van der Waals surface area contributed by atoms with Gasteiger partial charge in [-0.2, -0.15) is 11.8 Å². The number of hydrogen-bond acceptors (Lipinski definition) is 5. The second kappa shape index (κ2) is 9.92. The highest BCUT2D eigenvalue weighted by Gasteiger charge is 2.28. The van der Waals surface area contributed by atoms with Crippen LogP contribution in [-0.2, 0) is 14.8 Å². The fourth-order valence-electron chi connectivity index (χ4n) is 2.98. The third-order valence-corrected chi connectivity index (χ3v) is 6.56. The Labute approximate surface area is 180 Å². The Morgan fingerprint density at radius 2 is 1.87 bits per heavy atom. The largest absolute Gasteiger partial charge is 0.339 e. The zero-order valence-corrected chi connectivity index (χ0v) is 17.9. The number of carbonyl (C=O) groups excluding carboxylic acids is 2. The molecule has 0 unspecified atom stereocenters. The van der Waals surface area contributed by atoms with E-state index in [0.717, 1.165) is 11.3 Å². The number of hydrogen-bond donors (Lipinski definition) is 2. The van der Waals surface area contributed by atoms with Crippen LogP contribution in [0.4, 0.5) is 0 Å². The van der Waals surface area contributed by atoms with E-state index in [9.17, 15) is 18.0 Å². The van der Waals surface area contributed by atoms with E-state index in [0.29, 0.717) is 18.8 Å². The molecule has 2 aromatic carbocycles. The van der Waals surface area contributed by atoms with Crippen LogP contribution >= 0.6 is 11.8 Å². The molecule has 1 atom stereocenters. The predicted molar refractivity (Wildman–Crippen MR) is 118 cm³/mol. The van der Waals surface area contributed by atoms with Crippen molar-refractivity contribution in [1.29, 1.82) is 0 Å². The summed E-state index contributed by atoms with van der Waals surface area (Å²) in [5, 5.41) is 7.84. The van der Waals surface area contributed by atoms with E-state index in [2.05, 4.69) is 5.32 Å². The summed E-state index contributed by atoms with van der Waals surface area (Å²) in [6.07, 6.45) is 3.90. The van der Waals surface area contributed by atoms with Crippen molar-refractivity contribution in [3.8, 4) is 0 Å². The first-order chi connectivity index (χ1) is 14.3. The summed E-state index contributed by atoms with van der Waals surface area (Å²) >= 11 is 1.61. The molecule has 30 heavy (non-hydrogen) atoms. The molecule has 0 radical (unpaired) electrons. The standard InChI is InChI=1S/C21H23N3O4S2/c22-30(27,28)18-10-8-17(9-11-18)20(25)23-19-15-29-14-13-24(21(19)26)12-4-7-16-5-2-1-3-6-16/h1-11,19H,12-15H2,(H,23,25)(H2,22,27,28)/b7-4+/t19-/m0/s1. The minimum Gasteiger partial charge on any atom is -0.339 e. The maximum absolute atomic E-state index is 12.9. The number of nitrogens with zero attached hydrogens (tertiary/aromatic N) is 1. The van der Waals surface area contributed by atoms with Crippen LogP contribution in [0.25, 0.3) is 6.08 Å². The number of rotatable bonds is 6. The van der Waals surface area contributed by atoms with Gasteiger partial charge in [0.1, 0.15) is 6.04 Å². The molecule has 3 rings (SSSR count). The molecular weight excluding hydrogens is 422 g/mol. The second-order valence-corrected chi connectivity index (χ2v) is 9.48. The van der Waals surface area contributed by atoms with Crippen molar-refractivity contribution in [2.75, 3.05) is 24.6 Å². The Bertz CT molecular complexity index is 1020. The van der Waals surface area contributed by atoms with Gasteiger partial charge in [-0.15, -0.1) is 0 Å². The molecule has 1 fully saturated rings. The molecule has 0 saturated carbocycles. The molecule has 0 aliphatic carbocycles. The summed E-state index contributed by atoms with van der Waals surface area (Å²) in [6, 6.07) is 14.5. The highest BCUT2D eigenvalue weighted by atomic mass is 32.2. The second-order valence-electron chi connectivity index (χ2n) is 6.77. The fourth-order valence-corrected chi connectivity index (χ4v) is 4.47. The first-order valence-electron chi connectivity index (χ1n) is 9.36. The van der Waals surface area contributed by atoms with E-state index >= 15 is 0 Å². The Hall–Kier alpha value is -2.62. The number of primary sulfonamides is 1. The normalized spacial score (nSPS) is 17.7. The molecule has 1 aliphatic rings. The van der Waals surface area contributed by atoms with E-state index in [1.165, 1.54) is 24.3 Å². The Kier molecular flexibility index (Phi) is 7.30. The van der Waals surface area contributed by atoms with Gasteiger partial charge < -0.3 is 10.2 Å². The van der Waals surface area contributed by atoms with Gasteiger partial charge in [0.25, 0.3) is 5.91 Å². The van der Waals surface area contributed by atoms with Crippen LogP contribution in [0.1, 0.15) is 15.9 Å². The maximum Gasteiger partial charge on any atom is 0.251 e. The number of nitrogens with one attached hydrogen (secondary N) is 1. The van der Waals surface area contributed by atoms with Crippen LogP contribution in [0.15, 0.2) is 65.6 Å². The molecule has 2 aromatic rings. The molecule has 3 N–H and O–H groups in total. The molecule has 9 heteroatoms. The van der Waals surface area contributed by atoms with E-state index in [1.54, 1.807) is 16.7 Å². The van der Waals surface area contributed by atoms with E-state index in [1.807, 2.05) is 42.5 Å². The lowest BCUT2D eigenvalue weighted by Crippen LogP contribution is -2.49. The third-order valence-electron chi connectivity index (χ3n) is 4.59. The van der Waals surface area contributed by atoms with E-state index < -0.39 is 22.0 Å². The van der Waals surface area contributed by atoms with Gasteiger partial charge in [0, 0.05) is 30.2 Å². The molecule has 0 bridgehead atoms. The highest BCUT2D eigenvalue weighted by Crippen LogP contribution is 2.14. The van der Waals surface area contributed by atoms with Gasteiger partial charge in [-0.1, -0.05) is 42.5 Å². The monoisotopic (exact) mass is 445 g/mol. The van der Waals surface area contributed by atoms with Crippen molar-refractivity contribution in [2.45, 2.75) is 10.9 Å². The van der Waals surface area contributed by atoms with Crippen LogP contribution in [-0.4, -0.2) is 55.8 Å². The lowest BCUT2D eigenvalue weighted by atomic mass is 10.2. The SMILES string of the molecule is NS(=O)(=O)c1ccc(C(=O)N[C@H]2CSCCN(C/C=C/c3ccccc3)C2=O)cc1. The van der Waals surface area contributed by atoms with Gasteiger partial charge in [-0.05, 0) is 29.8 Å². The van der Waals surface area contributed by atoms with Gasteiger partial charge in [0.15, 0.2) is 0 Å². The predicted octanol–water partition coefficient (Wildman–Crippen LogP) is 1.72. The molecule has 7 nitrogen and oxygen atoms in total. The number of carbonyl (C=O) groups is 2. The van der Waals surface area contributed by atoms with Crippen molar-refractivity contribution < 1.29 is 18.0 Å². The van der Waals surface area contributed by atoms with Crippen LogP contribution < -0.4 is 10.5 Å². The average Bonchev–Trinajstić information content (AvgIpc) is 2.90. The molecule has 1 heterocycles. The van der Waals surface area contributed by atoms with Gasteiger partial charge in [0.05, 0.1) is 4.90 Å². The molecule has 158 valence electrons. The van der Waals surface area contributed by atoms with Gasteiger partial charge in [-0.25, -0.2) is 13.6 Å². The summed E-state index contributed by atoms with van der Waals surface area (Å²) in [5.74, 6) is 0.711. The lowest BCUT2D eigenvalue weighted by Gasteiger charge is -2.23. The number of nitrogens with two attached hydrogens (primary N) is 1. The molecule has 0 spiro atoms. The fraction of sp³-hybridized carbons (Fsp3) is 0.238. The zero-order valence-electron chi connectivity index (χ0n) is 16.2. The summed E-state index contributed by atoms with van der Waals surface area (Å²) in [4.78, 5) is 27.1. The Morgan fingerprint density at radius 3 is 2.53 bits per heavy atom. The van der Waals surface area contributed by atoms with Crippen molar-refractivity contribution >= 4 is 39.7 Å². The van der Waals surface area contributed by atoms with Gasteiger partial charge >= 0.3 is 0 Å². The van der Waals surface area contributed by atoms with Gasteiger partial charge in [0.2, 0.25) is 15.9 Å². The van der Waals surface area contributed by atoms with Crippen LogP contribution in [0.5, 0.6) is 0 Å². The number of benzene rings is 2. The van der Waals surface area contributed by atoms with Crippen LogP contribution in [0, 0.1) is 0 Å². The highest BCUT2D eigenvalue weighted by molar-refractivity contribution is 7.99. The Morgan fingerprint density at radius 1 is 1.17 bits per heavy atom. The molecule has 0 aromatic heterocycles. The smallest absolute Gasteiger partial charge is 0.251 e. The number of amides is 2. The van der Waals surface area contributed by atoms with Crippen molar-refractivity contribution in [2.24, 2.45) is 5.14 Å². The maximum atomic E-state index is 12.9. The van der Waals surface area contributed by atoms with Crippen LogP contribution in [0.2, 0.25) is 0 Å². The van der Waals surface area contributed by atoms with E-state index in [4.69, 9.17) is 5.14 Å². The van der Waals surface area contributed by atoms with Crippen LogP contribution in [0.3, 0.4) is 0 Å². The first-order valence-corrected chi connectivity index (χ1v) is 12.1. The summed E-state index contributed by atoms with van der Waals surface area (Å²) < 4.78 is 22.7. The number of sulfonamides is 1. The zero-order chi connectivity index (χ0) is 21.6. The third kappa shape index (κ3) is 5.94. The molecular formula is C21H23N3O4S2. The number of thioether (sulfide) groups is 1. The molecule has 1 saturated heterocycles. The summed E-state index contributed by atoms with van der Waals surface area (Å²) in [5.41, 5.74) is 1.32. The average molecular weight is 446 g/mol. The van der Waals surface area contributed by atoms with Gasteiger partial charge in [-0.3, -0.25) is 9.59 Å². The van der Waals surface area contributed by atoms with Crippen molar-refractivity contribution in [1.82, 2.24) is 10.2 Å². The Balaban J connectivity index is 1.64. The summed E-state index contributed by atoms with van der Waals surface area (Å²) in [6.45, 7) is 1.07. The minimum atomic E-state index is -3.82. The summed E-state index contributed by atoms with van der Waals surface area (Å²) in [7, 11) is -3.82. The van der Waals surface area contributed by atoms with Crippen molar-refractivity contribution in [3.05, 3.63) is 71.8 Å². The van der Waals surface area contributed by atoms with E-state index in [-0.39, 0.29) is 16.4 Å².